The molecule has 0 heterocycles. The van der Waals surface area contributed by atoms with Gasteiger partial charge in [0, 0.05) is 11.1 Å². The summed E-state index contributed by atoms with van der Waals surface area (Å²) in [6.07, 6.45) is 12.5. The maximum absolute atomic E-state index is 12.6. The molecule has 0 aliphatic heterocycles. The second-order valence-electron chi connectivity index (χ2n) is 12.5. The van der Waals surface area contributed by atoms with Crippen LogP contribution in [0.5, 0.6) is 11.5 Å². The van der Waals surface area contributed by atoms with E-state index >= 15 is 0 Å². The van der Waals surface area contributed by atoms with Crippen LogP contribution in [0.2, 0.25) is 0 Å². The van der Waals surface area contributed by atoms with Crippen LogP contribution >= 0.6 is 0 Å². The number of Topliss-reactive ketones (excluding diaryl/α,β-unsaturated/α-hetero) is 2. The number of ether oxygens (including phenoxy) is 2. The molecule has 4 heteroatoms. The van der Waals surface area contributed by atoms with Crippen LogP contribution in [-0.2, 0) is 12.8 Å². The molecule has 3 aromatic carbocycles. The van der Waals surface area contributed by atoms with Crippen LogP contribution in [0.15, 0.2) is 60.7 Å². The van der Waals surface area contributed by atoms with E-state index in [9.17, 15) is 9.59 Å². The summed E-state index contributed by atoms with van der Waals surface area (Å²) in [6, 6.07) is 16.6. The zero-order valence-electron chi connectivity index (χ0n) is 28.9. The zero-order chi connectivity index (χ0) is 33.1. The number of methoxy groups -OCH3 is 2. The Balaban J connectivity index is 1.67. The monoisotopic (exact) mass is 608 g/mol. The van der Waals surface area contributed by atoms with Gasteiger partial charge in [0.2, 0.25) is 0 Å². The molecule has 1 unspecified atom stereocenters. The van der Waals surface area contributed by atoms with Crippen molar-refractivity contribution in [3.8, 4) is 11.5 Å². The highest BCUT2D eigenvalue weighted by atomic mass is 16.5. The number of hydrogen-bond acceptors (Lipinski definition) is 4. The van der Waals surface area contributed by atoms with Crippen LogP contribution in [0.25, 0.3) is 11.6 Å². The van der Waals surface area contributed by atoms with E-state index in [2.05, 4.69) is 83.2 Å². The number of unbranched alkanes of at least 4 members (excludes halogenated alkanes) is 2. The van der Waals surface area contributed by atoms with Crippen LogP contribution < -0.4 is 9.47 Å². The van der Waals surface area contributed by atoms with E-state index in [0.717, 1.165) is 72.3 Å². The Kier molecular flexibility index (Phi) is 13.4. The van der Waals surface area contributed by atoms with E-state index in [1.807, 2.05) is 18.2 Å². The van der Waals surface area contributed by atoms with Gasteiger partial charge >= 0.3 is 0 Å². The average Bonchev–Trinajstić information content (AvgIpc) is 3.02. The van der Waals surface area contributed by atoms with E-state index in [1.165, 1.54) is 27.8 Å². The molecule has 0 aromatic heterocycles. The van der Waals surface area contributed by atoms with E-state index < -0.39 is 0 Å². The molecule has 0 radical (unpaired) electrons. The Morgan fingerprint density at radius 2 is 1.44 bits per heavy atom. The minimum atomic E-state index is 0.0782. The number of ketones is 2. The molecular formula is C41H52O4. The smallest absolute Gasteiger partial charge is 0.160 e. The first-order valence-electron chi connectivity index (χ1n) is 16.3. The number of aryl methyl sites for hydroxylation is 3. The molecule has 0 bridgehead atoms. The first kappa shape index (κ1) is 35.6. The van der Waals surface area contributed by atoms with Gasteiger partial charge in [-0.1, -0.05) is 69.7 Å². The summed E-state index contributed by atoms with van der Waals surface area (Å²) in [4.78, 5) is 24.8. The van der Waals surface area contributed by atoms with Gasteiger partial charge in [-0.3, -0.25) is 9.59 Å². The van der Waals surface area contributed by atoms with Gasteiger partial charge in [0.15, 0.2) is 11.6 Å². The molecule has 0 amide bonds. The van der Waals surface area contributed by atoms with E-state index in [1.54, 1.807) is 28.1 Å². The second-order valence-corrected chi connectivity index (χ2v) is 12.5. The molecule has 3 aromatic rings. The van der Waals surface area contributed by atoms with Crippen LogP contribution in [0.4, 0.5) is 0 Å². The molecule has 0 N–H and O–H groups in total. The minimum Gasteiger partial charge on any atom is -0.497 e. The largest absolute Gasteiger partial charge is 0.497 e. The lowest BCUT2D eigenvalue weighted by molar-refractivity contribution is 0.100. The van der Waals surface area contributed by atoms with Crippen molar-refractivity contribution in [2.24, 2.45) is 5.92 Å². The van der Waals surface area contributed by atoms with Crippen molar-refractivity contribution in [2.75, 3.05) is 14.2 Å². The Morgan fingerprint density at radius 3 is 2.00 bits per heavy atom. The molecule has 1 atom stereocenters. The minimum absolute atomic E-state index is 0.0782. The quantitative estimate of drug-likeness (QED) is 0.120. The lowest BCUT2D eigenvalue weighted by Gasteiger charge is -2.17. The topological polar surface area (TPSA) is 52.6 Å². The van der Waals surface area contributed by atoms with Crippen LogP contribution in [-0.4, -0.2) is 25.8 Å². The van der Waals surface area contributed by atoms with Crippen LogP contribution in [0.3, 0.4) is 0 Å². The lowest BCUT2D eigenvalue weighted by Crippen LogP contribution is -2.05. The van der Waals surface area contributed by atoms with Crippen molar-refractivity contribution in [1.29, 1.82) is 0 Å². The molecule has 240 valence electrons. The Hall–Kier alpha value is -3.92. The van der Waals surface area contributed by atoms with E-state index in [4.69, 9.17) is 9.47 Å². The highest BCUT2D eigenvalue weighted by molar-refractivity contribution is 5.98. The molecular weight excluding hydrogens is 556 g/mol. The molecule has 0 aliphatic rings. The average molecular weight is 609 g/mol. The molecule has 4 nitrogen and oxygen atoms in total. The number of carbonyl (C=O) groups is 2. The third-order valence-electron chi connectivity index (χ3n) is 8.69. The summed E-state index contributed by atoms with van der Waals surface area (Å²) in [5.41, 5.74) is 9.76. The number of benzene rings is 3. The predicted molar refractivity (Wildman–Crippen MR) is 189 cm³/mol. The maximum Gasteiger partial charge on any atom is 0.160 e. The molecule has 0 spiro atoms. The van der Waals surface area contributed by atoms with Gasteiger partial charge in [0.05, 0.1) is 14.2 Å². The predicted octanol–water partition coefficient (Wildman–Crippen LogP) is 10.6. The van der Waals surface area contributed by atoms with Crippen molar-refractivity contribution in [3.05, 3.63) is 105 Å². The Bertz CT molecular complexity index is 1520. The number of hydrogen-bond donors (Lipinski definition) is 0. The van der Waals surface area contributed by atoms with Gasteiger partial charge in [-0.05, 0) is 135 Å². The number of carbonyl (C=O) groups excluding carboxylic acids is 2. The number of allylic oxidation sites excluding steroid dienone is 3. The van der Waals surface area contributed by atoms with Crippen molar-refractivity contribution in [2.45, 2.75) is 92.9 Å². The Morgan fingerprint density at radius 1 is 0.800 bits per heavy atom. The van der Waals surface area contributed by atoms with E-state index in [0.29, 0.717) is 5.92 Å². The summed E-state index contributed by atoms with van der Waals surface area (Å²) in [5.74, 6) is 2.41. The molecule has 0 aliphatic carbocycles. The summed E-state index contributed by atoms with van der Waals surface area (Å²) >= 11 is 0. The summed E-state index contributed by atoms with van der Waals surface area (Å²) < 4.78 is 11.0. The first-order chi connectivity index (χ1) is 21.5. The molecule has 3 rings (SSSR count). The normalized spacial score (nSPS) is 12.5. The fourth-order valence-electron chi connectivity index (χ4n) is 5.99. The second kappa shape index (κ2) is 17.0. The number of rotatable bonds is 16. The highest BCUT2D eigenvalue weighted by Crippen LogP contribution is 2.31. The fourth-order valence-corrected chi connectivity index (χ4v) is 5.99. The van der Waals surface area contributed by atoms with E-state index in [-0.39, 0.29) is 17.5 Å². The van der Waals surface area contributed by atoms with Crippen molar-refractivity contribution in [1.82, 2.24) is 0 Å². The summed E-state index contributed by atoms with van der Waals surface area (Å²) in [6.45, 7) is 13.9. The molecule has 0 fully saturated rings. The fraction of sp³-hybridized carbons (Fsp3) is 0.415. The SMILES string of the molecule is C/C=C(\CC(C)/C=C\c1cc(CCCCCc2cc(C(C)C)c(C(C)=O)cc2OC)c(C)cc1C(C)=O)c1ccc(OC)cc1. The highest BCUT2D eigenvalue weighted by Gasteiger charge is 2.16. The molecule has 0 saturated heterocycles. The summed E-state index contributed by atoms with van der Waals surface area (Å²) in [7, 11) is 3.36. The first-order valence-corrected chi connectivity index (χ1v) is 16.3. The van der Waals surface area contributed by atoms with Crippen molar-refractivity contribution >= 4 is 23.2 Å². The zero-order valence-corrected chi connectivity index (χ0v) is 28.9. The van der Waals surface area contributed by atoms with Gasteiger partial charge in [0.1, 0.15) is 11.5 Å². The standard InChI is InChI=1S/C41H52O4/c1-10-32(33-18-20-37(44-8)21-19-33)22-28(4)16-17-35-24-34(29(5)23-39(35)30(6)42)14-12-11-13-15-36-25-38(27(2)3)40(31(7)43)26-41(36)45-9/h10,16-21,23-28H,11-15,22H2,1-9H3/b17-16-,32-10+. The third-order valence-corrected chi connectivity index (χ3v) is 8.69. The van der Waals surface area contributed by atoms with Crippen molar-refractivity contribution < 1.29 is 19.1 Å². The third kappa shape index (κ3) is 9.78. The molecule has 0 saturated carbocycles. The van der Waals surface area contributed by atoms with Gasteiger partial charge in [-0.15, -0.1) is 0 Å². The lowest BCUT2D eigenvalue weighted by atomic mass is 9.90. The van der Waals surface area contributed by atoms with Gasteiger partial charge in [0.25, 0.3) is 0 Å². The maximum atomic E-state index is 12.6. The Labute approximate surface area is 271 Å². The van der Waals surface area contributed by atoms with Crippen LogP contribution in [0, 0.1) is 12.8 Å². The van der Waals surface area contributed by atoms with Gasteiger partial charge in [-0.25, -0.2) is 0 Å². The summed E-state index contributed by atoms with van der Waals surface area (Å²) in [5, 5.41) is 0. The van der Waals surface area contributed by atoms with Gasteiger partial charge in [-0.2, -0.15) is 0 Å². The molecule has 45 heavy (non-hydrogen) atoms. The van der Waals surface area contributed by atoms with Crippen LogP contribution in [0.1, 0.15) is 127 Å². The van der Waals surface area contributed by atoms with Gasteiger partial charge < -0.3 is 9.47 Å². The van der Waals surface area contributed by atoms with Crippen molar-refractivity contribution in [3.63, 3.8) is 0 Å².